The zero-order chi connectivity index (χ0) is 22.2. The lowest BCUT2D eigenvalue weighted by molar-refractivity contribution is -0.125. The molecule has 0 spiro atoms. The van der Waals surface area contributed by atoms with Gasteiger partial charge in [0.2, 0.25) is 5.91 Å². The SMILES string of the molecule is O=C(C[C@H]1C=C[C@@H](NC(=O)Nc2ccccc2F)[C@H](CO)O1)NCc1ccc(F)cc1. The van der Waals surface area contributed by atoms with E-state index in [1.807, 2.05) is 0 Å². The Hall–Kier alpha value is -3.30. The molecule has 1 aliphatic rings. The first-order valence-corrected chi connectivity index (χ1v) is 9.72. The molecule has 7 nitrogen and oxygen atoms in total. The van der Waals surface area contributed by atoms with Crippen LogP contribution in [0.3, 0.4) is 0 Å². The Morgan fingerprint density at radius 3 is 2.48 bits per heavy atom. The summed E-state index contributed by atoms with van der Waals surface area (Å²) in [6, 6.07) is 10.2. The van der Waals surface area contributed by atoms with Crippen LogP contribution >= 0.6 is 0 Å². The van der Waals surface area contributed by atoms with E-state index < -0.39 is 30.1 Å². The second kappa shape index (κ2) is 10.6. The normalized spacial score (nSPS) is 20.2. The first-order valence-electron chi connectivity index (χ1n) is 9.72. The molecule has 3 rings (SSSR count). The van der Waals surface area contributed by atoms with E-state index in [1.54, 1.807) is 30.4 Å². The number of carbonyl (C=O) groups excluding carboxylic acids is 2. The Balaban J connectivity index is 1.49. The fourth-order valence-electron chi connectivity index (χ4n) is 3.07. The quantitative estimate of drug-likeness (QED) is 0.506. The molecule has 9 heteroatoms. The number of para-hydroxylation sites is 1. The van der Waals surface area contributed by atoms with Gasteiger partial charge < -0.3 is 25.8 Å². The number of aliphatic hydroxyl groups excluding tert-OH is 1. The monoisotopic (exact) mass is 431 g/mol. The molecule has 0 aliphatic carbocycles. The third-order valence-corrected chi connectivity index (χ3v) is 4.67. The maximum Gasteiger partial charge on any atom is 0.319 e. The van der Waals surface area contributed by atoms with E-state index in [0.29, 0.717) is 0 Å². The van der Waals surface area contributed by atoms with Gasteiger partial charge in [-0.1, -0.05) is 36.4 Å². The van der Waals surface area contributed by atoms with Gasteiger partial charge in [0.05, 0.1) is 30.9 Å². The van der Waals surface area contributed by atoms with Crippen molar-refractivity contribution in [1.82, 2.24) is 10.6 Å². The number of nitrogens with one attached hydrogen (secondary N) is 3. The van der Waals surface area contributed by atoms with Gasteiger partial charge in [-0.15, -0.1) is 0 Å². The van der Waals surface area contributed by atoms with Gasteiger partial charge >= 0.3 is 6.03 Å². The number of amides is 3. The summed E-state index contributed by atoms with van der Waals surface area (Å²) in [5.74, 6) is -1.20. The molecule has 0 radical (unpaired) electrons. The number of halogens is 2. The molecule has 2 aromatic rings. The standard InChI is InChI=1S/C22H23F2N3O4/c23-15-7-5-14(6-8-15)12-25-21(29)11-16-9-10-19(20(13-28)31-16)27-22(30)26-18-4-2-1-3-17(18)24/h1-10,16,19-20,28H,11-13H2,(H,25,29)(H2,26,27,30)/t16-,19-,20+/m1/s1. The third kappa shape index (κ3) is 6.59. The Morgan fingerprint density at radius 1 is 1.03 bits per heavy atom. The van der Waals surface area contributed by atoms with Crippen molar-refractivity contribution >= 4 is 17.6 Å². The zero-order valence-electron chi connectivity index (χ0n) is 16.6. The Morgan fingerprint density at radius 2 is 1.77 bits per heavy atom. The molecule has 0 saturated carbocycles. The van der Waals surface area contributed by atoms with Gasteiger partial charge in [0.1, 0.15) is 17.7 Å². The van der Waals surface area contributed by atoms with Gasteiger partial charge in [0.25, 0.3) is 0 Å². The van der Waals surface area contributed by atoms with Crippen molar-refractivity contribution in [3.63, 3.8) is 0 Å². The number of aliphatic hydroxyl groups is 1. The molecule has 1 aliphatic heterocycles. The molecule has 0 fully saturated rings. The molecule has 164 valence electrons. The topological polar surface area (TPSA) is 99.7 Å². The van der Waals surface area contributed by atoms with Crippen LogP contribution < -0.4 is 16.0 Å². The highest BCUT2D eigenvalue weighted by Crippen LogP contribution is 2.17. The summed E-state index contributed by atoms with van der Waals surface area (Å²) in [5, 5.41) is 17.3. The molecule has 31 heavy (non-hydrogen) atoms. The molecular formula is C22H23F2N3O4. The number of benzene rings is 2. The van der Waals surface area contributed by atoms with Crippen molar-refractivity contribution in [2.24, 2.45) is 0 Å². The van der Waals surface area contributed by atoms with E-state index in [4.69, 9.17) is 4.74 Å². The van der Waals surface area contributed by atoms with Gasteiger partial charge in [-0.25, -0.2) is 13.6 Å². The minimum absolute atomic E-state index is 0.0162. The number of carbonyl (C=O) groups is 2. The highest BCUT2D eigenvalue weighted by atomic mass is 19.1. The number of ether oxygens (including phenoxy) is 1. The molecule has 2 aromatic carbocycles. The van der Waals surface area contributed by atoms with E-state index in [1.165, 1.54) is 30.3 Å². The summed E-state index contributed by atoms with van der Waals surface area (Å²) in [7, 11) is 0. The summed E-state index contributed by atoms with van der Waals surface area (Å²) >= 11 is 0. The number of rotatable bonds is 7. The second-order valence-electron chi connectivity index (χ2n) is 6.99. The Bertz CT molecular complexity index is 937. The van der Waals surface area contributed by atoms with Crippen LogP contribution in [-0.4, -0.2) is 41.9 Å². The van der Waals surface area contributed by atoms with Crippen LogP contribution in [0.4, 0.5) is 19.3 Å². The molecule has 3 atom stereocenters. The maximum atomic E-state index is 13.7. The molecule has 0 aromatic heterocycles. The first-order chi connectivity index (χ1) is 14.9. The van der Waals surface area contributed by atoms with E-state index in [9.17, 15) is 23.5 Å². The molecule has 1 heterocycles. The van der Waals surface area contributed by atoms with Crippen LogP contribution in [0.15, 0.2) is 60.7 Å². The number of urea groups is 1. The van der Waals surface area contributed by atoms with Gasteiger partial charge in [0.15, 0.2) is 0 Å². The minimum atomic E-state index is -0.772. The fraction of sp³-hybridized carbons (Fsp3) is 0.273. The maximum absolute atomic E-state index is 13.7. The largest absolute Gasteiger partial charge is 0.394 e. The van der Waals surface area contributed by atoms with E-state index in [0.717, 1.165) is 5.56 Å². The first kappa shape index (κ1) is 22.4. The zero-order valence-corrected chi connectivity index (χ0v) is 16.6. The highest BCUT2D eigenvalue weighted by molar-refractivity contribution is 5.89. The minimum Gasteiger partial charge on any atom is -0.394 e. The second-order valence-corrected chi connectivity index (χ2v) is 6.99. The number of hydrogen-bond acceptors (Lipinski definition) is 4. The van der Waals surface area contributed by atoms with E-state index in [-0.39, 0.29) is 37.0 Å². The summed E-state index contributed by atoms with van der Waals surface area (Å²) < 4.78 is 32.3. The van der Waals surface area contributed by atoms with Gasteiger partial charge in [-0.2, -0.15) is 0 Å². The molecular weight excluding hydrogens is 408 g/mol. The smallest absolute Gasteiger partial charge is 0.319 e. The third-order valence-electron chi connectivity index (χ3n) is 4.67. The lowest BCUT2D eigenvalue weighted by Crippen LogP contribution is -2.50. The van der Waals surface area contributed by atoms with Crippen LogP contribution in [0, 0.1) is 11.6 Å². The molecule has 3 amide bonds. The van der Waals surface area contributed by atoms with Crippen molar-refractivity contribution in [2.45, 2.75) is 31.2 Å². The van der Waals surface area contributed by atoms with Crippen LogP contribution in [0.1, 0.15) is 12.0 Å². The predicted octanol–water partition coefficient (Wildman–Crippen LogP) is 2.48. The summed E-state index contributed by atoms with van der Waals surface area (Å²) in [6.07, 6.45) is 1.91. The lowest BCUT2D eigenvalue weighted by atomic mass is 10.0. The average molecular weight is 431 g/mol. The van der Waals surface area contributed by atoms with Crippen LogP contribution in [0.5, 0.6) is 0 Å². The van der Waals surface area contributed by atoms with E-state index >= 15 is 0 Å². The predicted molar refractivity (Wildman–Crippen MR) is 110 cm³/mol. The summed E-state index contributed by atoms with van der Waals surface area (Å²) in [4.78, 5) is 24.3. The highest BCUT2D eigenvalue weighted by Gasteiger charge is 2.29. The van der Waals surface area contributed by atoms with Gasteiger partial charge in [0, 0.05) is 6.54 Å². The lowest BCUT2D eigenvalue weighted by Gasteiger charge is -2.31. The average Bonchev–Trinajstić information content (AvgIpc) is 2.76. The Kier molecular flexibility index (Phi) is 7.69. The van der Waals surface area contributed by atoms with Crippen LogP contribution in [0.25, 0.3) is 0 Å². The van der Waals surface area contributed by atoms with Crippen molar-refractivity contribution in [3.05, 3.63) is 77.9 Å². The molecule has 0 saturated heterocycles. The summed E-state index contributed by atoms with van der Waals surface area (Å²) in [5.41, 5.74) is 0.783. The van der Waals surface area contributed by atoms with Crippen molar-refractivity contribution < 1.29 is 28.2 Å². The molecule has 0 unspecified atom stereocenters. The van der Waals surface area contributed by atoms with Crippen molar-refractivity contribution in [2.75, 3.05) is 11.9 Å². The number of anilines is 1. The van der Waals surface area contributed by atoms with Crippen LogP contribution in [-0.2, 0) is 16.1 Å². The molecule has 0 bridgehead atoms. The molecule has 4 N–H and O–H groups in total. The summed E-state index contributed by atoms with van der Waals surface area (Å²) in [6.45, 7) is -0.137. The Labute approximate surface area is 178 Å². The van der Waals surface area contributed by atoms with Gasteiger partial charge in [-0.05, 0) is 29.8 Å². The van der Waals surface area contributed by atoms with Crippen LogP contribution in [0.2, 0.25) is 0 Å². The van der Waals surface area contributed by atoms with Crippen molar-refractivity contribution in [3.8, 4) is 0 Å². The van der Waals surface area contributed by atoms with Gasteiger partial charge in [-0.3, -0.25) is 4.79 Å². The number of hydrogen-bond donors (Lipinski definition) is 4. The fourth-order valence-corrected chi connectivity index (χ4v) is 3.07. The van der Waals surface area contributed by atoms with E-state index in [2.05, 4.69) is 16.0 Å². The van der Waals surface area contributed by atoms with Crippen molar-refractivity contribution in [1.29, 1.82) is 0 Å².